The van der Waals surface area contributed by atoms with Gasteiger partial charge in [0.25, 0.3) is 0 Å². The molecule has 3 nitrogen and oxygen atoms in total. The Morgan fingerprint density at radius 2 is 2.18 bits per heavy atom. The van der Waals surface area contributed by atoms with Crippen molar-refractivity contribution >= 4 is 5.97 Å². The number of nitrogens with two attached hydrogens (primary N) is 1. The number of halogens is 2. The summed E-state index contributed by atoms with van der Waals surface area (Å²) in [5, 5.41) is 0. The zero-order valence-corrected chi connectivity index (χ0v) is 6.27. The molecule has 0 aromatic rings. The molecular formula is C6H11F2NO2. The van der Waals surface area contributed by atoms with E-state index < -0.39 is 18.3 Å². The molecule has 0 spiro atoms. The van der Waals surface area contributed by atoms with Crippen LogP contribution in [0.1, 0.15) is 12.8 Å². The van der Waals surface area contributed by atoms with E-state index in [1.165, 1.54) is 0 Å². The number of alkyl halides is 2. The number of rotatable bonds is 4. The van der Waals surface area contributed by atoms with Gasteiger partial charge in [0.1, 0.15) is 0 Å². The first-order valence-corrected chi connectivity index (χ1v) is 3.21. The van der Waals surface area contributed by atoms with Crippen molar-refractivity contribution in [2.45, 2.75) is 18.8 Å². The standard InChI is InChI=1S/C6H11F2NO2/c1-11-5(10)6(7,8)3-2-4-9/h2-4,9H2,1H3. The molecule has 0 bridgehead atoms. The second kappa shape index (κ2) is 4.23. The molecule has 0 aliphatic rings. The van der Waals surface area contributed by atoms with Crippen LogP contribution in [0.15, 0.2) is 0 Å². The van der Waals surface area contributed by atoms with Gasteiger partial charge in [0, 0.05) is 6.42 Å². The highest BCUT2D eigenvalue weighted by Gasteiger charge is 2.38. The van der Waals surface area contributed by atoms with Crippen molar-refractivity contribution in [2.75, 3.05) is 13.7 Å². The van der Waals surface area contributed by atoms with E-state index in [0.717, 1.165) is 7.11 Å². The van der Waals surface area contributed by atoms with E-state index in [4.69, 9.17) is 5.73 Å². The van der Waals surface area contributed by atoms with Gasteiger partial charge in [-0.05, 0) is 13.0 Å². The van der Waals surface area contributed by atoms with Gasteiger partial charge in [0.2, 0.25) is 0 Å². The summed E-state index contributed by atoms with van der Waals surface area (Å²) < 4.78 is 28.8. The van der Waals surface area contributed by atoms with Gasteiger partial charge < -0.3 is 10.5 Å². The SMILES string of the molecule is COC(=O)C(F)(F)CCCN. The topological polar surface area (TPSA) is 52.3 Å². The molecule has 0 aliphatic carbocycles. The number of hydrogen-bond donors (Lipinski definition) is 1. The normalized spacial score (nSPS) is 11.3. The van der Waals surface area contributed by atoms with Crippen molar-refractivity contribution in [2.24, 2.45) is 5.73 Å². The Labute approximate surface area is 63.5 Å². The lowest BCUT2D eigenvalue weighted by Gasteiger charge is -2.11. The van der Waals surface area contributed by atoms with Crippen molar-refractivity contribution < 1.29 is 18.3 Å². The number of hydrogen-bond acceptors (Lipinski definition) is 3. The Hall–Kier alpha value is -0.710. The van der Waals surface area contributed by atoms with Crippen LogP contribution in [0.4, 0.5) is 8.78 Å². The molecule has 5 heteroatoms. The smallest absolute Gasteiger partial charge is 0.376 e. The lowest BCUT2D eigenvalue weighted by molar-refractivity contribution is -0.169. The number of carbonyl (C=O) groups is 1. The fraction of sp³-hybridized carbons (Fsp3) is 0.833. The molecule has 0 aromatic carbocycles. The molecule has 0 atom stereocenters. The van der Waals surface area contributed by atoms with Crippen LogP contribution in [0, 0.1) is 0 Å². The van der Waals surface area contributed by atoms with E-state index in [9.17, 15) is 13.6 Å². The van der Waals surface area contributed by atoms with Crippen molar-refractivity contribution in [3.8, 4) is 0 Å². The first kappa shape index (κ1) is 10.3. The maximum Gasteiger partial charge on any atom is 0.376 e. The van der Waals surface area contributed by atoms with Gasteiger partial charge in [-0.25, -0.2) is 4.79 Å². The lowest BCUT2D eigenvalue weighted by Crippen LogP contribution is -2.30. The fourth-order valence-electron chi connectivity index (χ4n) is 0.575. The van der Waals surface area contributed by atoms with Crippen LogP contribution in [-0.2, 0) is 9.53 Å². The minimum absolute atomic E-state index is 0.113. The Kier molecular flexibility index (Phi) is 3.95. The third-order valence-corrected chi connectivity index (χ3v) is 1.18. The van der Waals surface area contributed by atoms with E-state index in [1.807, 2.05) is 0 Å². The molecule has 0 radical (unpaired) electrons. The van der Waals surface area contributed by atoms with Gasteiger partial charge in [-0.2, -0.15) is 8.78 Å². The molecule has 66 valence electrons. The highest BCUT2D eigenvalue weighted by molar-refractivity contribution is 5.77. The van der Waals surface area contributed by atoms with Gasteiger partial charge in [-0.1, -0.05) is 0 Å². The Morgan fingerprint density at radius 3 is 2.55 bits per heavy atom. The molecule has 0 fully saturated rings. The first-order valence-electron chi connectivity index (χ1n) is 3.21. The molecule has 0 saturated heterocycles. The zero-order valence-electron chi connectivity index (χ0n) is 6.27. The van der Waals surface area contributed by atoms with Crippen molar-refractivity contribution in [1.82, 2.24) is 0 Å². The largest absolute Gasteiger partial charge is 0.465 e. The Bertz CT molecular complexity index is 139. The zero-order chi connectivity index (χ0) is 8.91. The monoisotopic (exact) mass is 167 g/mol. The third-order valence-electron chi connectivity index (χ3n) is 1.18. The summed E-state index contributed by atoms with van der Waals surface area (Å²) in [4.78, 5) is 10.3. The summed E-state index contributed by atoms with van der Waals surface area (Å²) in [6, 6.07) is 0. The summed E-state index contributed by atoms with van der Waals surface area (Å²) in [7, 11) is 0.929. The molecule has 0 unspecified atom stereocenters. The van der Waals surface area contributed by atoms with E-state index >= 15 is 0 Å². The van der Waals surface area contributed by atoms with Crippen LogP contribution in [0.3, 0.4) is 0 Å². The van der Waals surface area contributed by atoms with Gasteiger partial charge in [-0.3, -0.25) is 0 Å². The summed E-state index contributed by atoms with van der Waals surface area (Å²) >= 11 is 0. The second-order valence-corrected chi connectivity index (χ2v) is 2.09. The molecule has 0 aromatic heterocycles. The molecule has 0 aliphatic heterocycles. The third kappa shape index (κ3) is 3.27. The average molecular weight is 167 g/mol. The summed E-state index contributed by atoms with van der Waals surface area (Å²) in [5.74, 6) is -4.88. The number of carbonyl (C=O) groups excluding carboxylic acids is 1. The maximum absolute atomic E-state index is 12.5. The van der Waals surface area contributed by atoms with Crippen LogP contribution in [0.5, 0.6) is 0 Å². The lowest BCUT2D eigenvalue weighted by atomic mass is 10.2. The van der Waals surface area contributed by atoms with E-state index in [1.54, 1.807) is 0 Å². The van der Waals surface area contributed by atoms with Crippen molar-refractivity contribution in [3.63, 3.8) is 0 Å². The quantitative estimate of drug-likeness (QED) is 0.621. The molecule has 0 saturated carbocycles. The van der Waals surface area contributed by atoms with Gasteiger partial charge in [-0.15, -0.1) is 0 Å². The number of ether oxygens (including phenoxy) is 1. The minimum atomic E-state index is -3.38. The fourth-order valence-corrected chi connectivity index (χ4v) is 0.575. The van der Waals surface area contributed by atoms with Crippen molar-refractivity contribution in [3.05, 3.63) is 0 Å². The molecule has 0 amide bonds. The van der Waals surface area contributed by atoms with Gasteiger partial charge >= 0.3 is 11.9 Å². The number of esters is 1. The summed E-state index contributed by atoms with van der Waals surface area (Å²) in [6.07, 6.45) is -0.432. The summed E-state index contributed by atoms with van der Waals surface area (Å²) in [5.41, 5.74) is 4.99. The molecule has 0 heterocycles. The van der Waals surface area contributed by atoms with Crippen LogP contribution in [0.2, 0.25) is 0 Å². The first-order chi connectivity index (χ1) is 5.04. The predicted molar refractivity (Wildman–Crippen MR) is 35.3 cm³/mol. The Balaban J connectivity index is 3.88. The predicted octanol–water partition coefficient (Wildman–Crippen LogP) is 0.534. The van der Waals surface area contributed by atoms with Crippen LogP contribution >= 0.6 is 0 Å². The van der Waals surface area contributed by atoms with E-state index in [-0.39, 0.29) is 13.0 Å². The average Bonchev–Trinajstić information content (AvgIpc) is 1.99. The van der Waals surface area contributed by atoms with Gasteiger partial charge in [0.05, 0.1) is 7.11 Å². The highest BCUT2D eigenvalue weighted by Crippen LogP contribution is 2.21. The summed E-state index contributed by atoms with van der Waals surface area (Å²) in [6.45, 7) is 0.145. The second-order valence-electron chi connectivity index (χ2n) is 2.09. The van der Waals surface area contributed by atoms with Gasteiger partial charge in [0.15, 0.2) is 0 Å². The minimum Gasteiger partial charge on any atom is -0.465 e. The van der Waals surface area contributed by atoms with Crippen LogP contribution in [-0.4, -0.2) is 25.5 Å². The highest BCUT2D eigenvalue weighted by atomic mass is 19.3. The van der Waals surface area contributed by atoms with Crippen molar-refractivity contribution in [1.29, 1.82) is 0 Å². The molecule has 2 N–H and O–H groups in total. The van der Waals surface area contributed by atoms with E-state index in [2.05, 4.69) is 4.74 Å². The van der Waals surface area contributed by atoms with Crippen LogP contribution < -0.4 is 5.73 Å². The van der Waals surface area contributed by atoms with Crippen LogP contribution in [0.25, 0.3) is 0 Å². The Morgan fingerprint density at radius 1 is 1.64 bits per heavy atom. The molecule has 11 heavy (non-hydrogen) atoms. The number of methoxy groups -OCH3 is 1. The molecular weight excluding hydrogens is 156 g/mol. The van der Waals surface area contributed by atoms with E-state index in [0.29, 0.717) is 0 Å². The molecule has 0 rings (SSSR count). The maximum atomic E-state index is 12.5.